The molecule has 1 saturated heterocycles. The van der Waals surface area contributed by atoms with Gasteiger partial charge in [0.05, 0.1) is 6.04 Å². The van der Waals surface area contributed by atoms with Gasteiger partial charge in [-0.3, -0.25) is 9.59 Å². The summed E-state index contributed by atoms with van der Waals surface area (Å²) in [5.74, 6) is 0.919. The average Bonchev–Trinajstić information content (AvgIpc) is 3.21. The molecule has 1 aliphatic rings. The van der Waals surface area contributed by atoms with Crippen molar-refractivity contribution in [2.75, 3.05) is 13.1 Å². The number of H-pyrrole nitrogens is 1. The van der Waals surface area contributed by atoms with Crippen LogP contribution in [0.3, 0.4) is 0 Å². The monoisotopic (exact) mass is 312 g/mol. The average molecular weight is 312 g/mol. The molecule has 1 aromatic heterocycles. The minimum absolute atomic E-state index is 0.172. The number of hydrogen-bond donors (Lipinski definition) is 2. The van der Waals surface area contributed by atoms with Crippen molar-refractivity contribution in [1.82, 2.24) is 20.2 Å². The standard InChI is InChI=1S/C9H13N3O.C3H7NO.2C2H6/c1-7-5-10-9(11-7)8-3-2-4-12(8)6-13;1-2-4-3-5;2*1-2/h5-6,8H,2-4H2,1H3,(H,10,11);3H,2H2,1H3,(H,4,5);2*1-2H3. The number of rotatable bonds is 4. The zero-order valence-corrected chi connectivity index (χ0v) is 14.8. The van der Waals surface area contributed by atoms with Gasteiger partial charge in [-0.2, -0.15) is 0 Å². The molecule has 2 heterocycles. The highest BCUT2D eigenvalue weighted by molar-refractivity contribution is 5.48. The van der Waals surface area contributed by atoms with Crippen molar-refractivity contribution in [3.05, 3.63) is 17.7 Å². The van der Waals surface area contributed by atoms with Crippen LogP contribution in [0.15, 0.2) is 6.20 Å². The third-order valence-electron chi connectivity index (χ3n) is 2.76. The lowest BCUT2D eigenvalue weighted by atomic mass is 10.2. The molecule has 0 aromatic carbocycles. The van der Waals surface area contributed by atoms with E-state index in [0.29, 0.717) is 6.41 Å². The van der Waals surface area contributed by atoms with Crippen LogP contribution >= 0.6 is 0 Å². The molecule has 1 fully saturated rings. The van der Waals surface area contributed by atoms with E-state index in [2.05, 4.69) is 15.3 Å². The van der Waals surface area contributed by atoms with Crippen LogP contribution < -0.4 is 5.32 Å². The first-order chi connectivity index (χ1) is 10.7. The summed E-state index contributed by atoms with van der Waals surface area (Å²) in [5, 5.41) is 2.43. The van der Waals surface area contributed by atoms with Gasteiger partial charge in [0.2, 0.25) is 12.8 Å². The number of amides is 2. The summed E-state index contributed by atoms with van der Waals surface area (Å²) in [6, 6.07) is 0.172. The Balaban J connectivity index is 0. The fourth-order valence-electron chi connectivity index (χ4n) is 1.89. The Morgan fingerprint density at radius 2 is 2.00 bits per heavy atom. The molecule has 0 saturated carbocycles. The van der Waals surface area contributed by atoms with Gasteiger partial charge in [-0.1, -0.05) is 27.7 Å². The molecule has 0 bridgehead atoms. The smallest absolute Gasteiger partial charge is 0.210 e. The first kappa shape index (κ1) is 22.4. The maximum atomic E-state index is 10.7. The summed E-state index contributed by atoms with van der Waals surface area (Å²) in [5.41, 5.74) is 1.05. The number of carbonyl (C=O) groups is 2. The lowest BCUT2D eigenvalue weighted by Crippen LogP contribution is -2.21. The lowest BCUT2D eigenvalue weighted by molar-refractivity contribution is -0.119. The Bertz CT molecular complexity index is 380. The number of carbonyl (C=O) groups excluding carboxylic acids is 2. The van der Waals surface area contributed by atoms with Crippen LogP contribution in [0.1, 0.15) is 65.0 Å². The molecule has 2 amide bonds. The van der Waals surface area contributed by atoms with Crippen molar-refractivity contribution < 1.29 is 9.59 Å². The number of likely N-dealkylation sites (tertiary alicyclic amines) is 1. The number of hydrogen-bond acceptors (Lipinski definition) is 3. The van der Waals surface area contributed by atoms with E-state index in [1.807, 2.05) is 41.5 Å². The molecule has 2 N–H and O–H groups in total. The summed E-state index contributed by atoms with van der Waals surface area (Å²) in [6.07, 6.45) is 5.49. The van der Waals surface area contributed by atoms with Crippen molar-refractivity contribution in [1.29, 1.82) is 0 Å². The summed E-state index contributed by atoms with van der Waals surface area (Å²) >= 11 is 0. The van der Waals surface area contributed by atoms with Crippen LogP contribution in [0.2, 0.25) is 0 Å². The molecular weight excluding hydrogens is 280 g/mol. The van der Waals surface area contributed by atoms with E-state index in [9.17, 15) is 9.59 Å². The van der Waals surface area contributed by atoms with Crippen LogP contribution in [0.25, 0.3) is 0 Å². The highest BCUT2D eigenvalue weighted by Crippen LogP contribution is 2.28. The van der Waals surface area contributed by atoms with Crippen LogP contribution in [0.4, 0.5) is 0 Å². The summed E-state index contributed by atoms with van der Waals surface area (Å²) in [4.78, 5) is 29.2. The molecule has 2 rings (SSSR count). The van der Waals surface area contributed by atoms with Gasteiger partial charge in [0.15, 0.2) is 0 Å². The number of imidazole rings is 1. The second-order valence-corrected chi connectivity index (χ2v) is 4.13. The van der Waals surface area contributed by atoms with Crippen molar-refractivity contribution in [3.8, 4) is 0 Å². The number of nitrogens with one attached hydrogen (secondary N) is 2. The molecule has 6 heteroatoms. The highest BCUT2D eigenvalue weighted by atomic mass is 16.1. The summed E-state index contributed by atoms with van der Waals surface area (Å²) in [6.45, 7) is 13.4. The van der Waals surface area contributed by atoms with E-state index in [-0.39, 0.29) is 6.04 Å². The second kappa shape index (κ2) is 15.5. The first-order valence-electron chi connectivity index (χ1n) is 8.12. The van der Waals surface area contributed by atoms with Crippen LogP contribution in [-0.2, 0) is 9.59 Å². The van der Waals surface area contributed by atoms with Crippen molar-refractivity contribution in [2.24, 2.45) is 0 Å². The van der Waals surface area contributed by atoms with E-state index in [1.54, 1.807) is 11.1 Å². The van der Waals surface area contributed by atoms with E-state index in [0.717, 1.165) is 43.9 Å². The van der Waals surface area contributed by atoms with E-state index >= 15 is 0 Å². The third kappa shape index (κ3) is 8.44. The van der Waals surface area contributed by atoms with Crippen LogP contribution in [-0.4, -0.2) is 40.8 Å². The van der Waals surface area contributed by atoms with Gasteiger partial charge < -0.3 is 15.2 Å². The molecule has 22 heavy (non-hydrogen) atoms. The normalized spacial score (nSPS) is 15.2. The highest BCUT2D eigenvalue weighted by Gasteiger charge is 2.26. The number of nitrogens with zero attached hydrogens (tertiary/aromatic N) is 2. The van der Waals surface area contributed by atoms with Gasteiger partial charge in [-0.05, 0) is 26.7 Å². The van der Waals surface area contributed by atoms with E-state index < -0.39 is 0 Å². The zero-order valence-electron chi connectivity index (χ0n) is 14.8. The Kier molecular flexibility index (Phi) is 15.8. The largest absolute Gasteiger partial charge is 0.359 e. The summed E-state index contributed by atoms with van der Waals surface area (Å²) < 4.78 is 0. The fourth-order valence-corrected chi connectivity index (χ4v) is 1.89. The molecule has 1 unspecified atom stereocenters. The first-order valence-corrected chi connectivity index (χ1v) is 8.12. The third-order valence-corrected chi connectivity index (χ3v) is 2.76. The minimum atomic E-state index is 0.172. The number of aromatic amines is 1. The lowest BCUT2D eigenvalue weighted by Gasteiger charge is -2.17. The molecule has 1 aromatic rings. The second-order valence-electron chi connectivity index (χ2n) is 4.13. The molecule has 0 radical (unpaired) electrons. The predicted octanol–water partition coefficient (Wildman–Crippen LogP) is 2.82. The van der Waals surface area contributed by atoms with E-state index in [1.165, 1.54) is 0 Å². The Morgan fingerprint density at radius 3 is 2.36 bits per heavy atom. The van der Waals surface area contributed by atoms with Crippen LogP contribution in [0.5, 0.6) is 0 Å². The van der Waals surface area contributed by atoms with Crippen molar-refractivity contribution in [3.63, 3.8) is 0 Å². The SMILES string of the molecule is CC.CC.CCNC=O.Cc1cnc(C2CCCN2C=O)[nH]1. The van der Waals surface area contributed by atoms with Gasteiger partial charge in [0, 0.05) is 25.0 Å². The van der Waals surface area contributed by atoms with Gasteiger partial charge in [0.25, 0.3) is 0 Å². The predicted molar refractivity (Wildman–Crippen MR) is 90.5 cm³/mol. The zero-order chi connectivity index (χ0) is 17.4. The molecule has 1 aliphatic heterocycles. The molecule has 6 nitrogen and oxygen atoms in total. The Morgan fingerprint density at radius 1 is 1.36 bits per heavy atom. The van der Waals surface area contributed by atoms with Gasteiger partial charge >= 0.3 is 0 Å². The fraction of sp³-hybridized carbons (Fsp3) is 0.688. The van der Waals surface area contributed by atoms with Crippen LogP contribution in [0, 0.1) is 6.92 Å². The molecular formula is C16H32N4O2. The van der Waals surface area contributed by atoms with Gasteiger partial charge in [-0.25, -0.2) is 4.98 Å². The quantitative estimate of drug-likeness (QED) is 0.839. The number of aromatic nitrogens is 2. The summed E-state index contributed by atoms with van der Waals surface area (Å²) in [7, 11) is 0. The number of aryl methyl sites for hydroxylation is 1. The maximum Gasteiger partial charge on any atom is 0.210 e. The topological polar surface area (TPSA) is 78.1 Å². The molecule has 0 aliphatic carbocycles. The molecule has 128 valence electrons. The minimum Gasteiger partial charge on any atom is -0.359 e. The molecule has 0 spiro atoms. The van der Waals surface area contributed by atoms with E-state index in [4.69, 9.17) is 0 Å². The Labute approximate surface area is 134 Å². The maximum absolute atomic E-state index is 10.7. The Hall–Kier alpha value is -1.85. The van der Waals surface area contributed by atoms with Gasteiger partial charge in [-0.15, -0.1) is 0 Å². The van der Waals surface area contributed by atoms with Gasteiger partial charge in [0.1, 0.15) is 5.82 Å². The van der Waals surface area contributed by atoms with Crippen molar-refractivity contribution >= 4 is 12.8 Å². The molecule has 1 atom stereocenters. The van der Waals surface area contributed by atoms with Crippen molar-refractivity contribution in [2.45, 2.75) is 60.4 Å².